The van der Waals surface area contributed by atoms with Gasteiger partial charge in [0.25, 0.3) is 0 Å². The number of fused-ring (bicyclic) bond motifs is 2. The van der Waals surface area contributed by atoms with Crippen LogP contribution in [0, 0.1) is 55.4 Å². The second-order valence-electron chi connectivity index (χ2n) is 11.9. The van der Waals surface area contributed by atoms with E-state index in [0.717, 1.165) is 0 Å². The third-order valence-electron chi connectivity index (χ3n) is 10.3. The first-order valence-electron chi connectivity index (χ1n) is 12.7. The average molecular weight is 457 g/mol. The Morgan fingerprint density at radius 3 is 0.970 bits per heavy atom. The van der Waals surface area contributed by atoms with Gasteiger partial charge in [0.15, 0.2) is 0 Å². The molecule has 0 nitrogen and oxygen atoms in total. The first-order valence-corrected chi connectivity index (χ1v) is 15.9. The van der Waals surface area contributed by atoms with Gasteiger partial charge in [0, 0.05) is 11.1 Å². The smallest absolute Gasteiger partial charge is 0.0679 e. The monoisotopic (exact) mass is 456 g/mol. The van der Waals surface area contributed by atoms with Crippen molar-refractivity contribution in [2.75, 3.05) is 0 Å². The second-order valence-corrected chi connectivity index (χ2v) is 16.7. The molecule has 0 bridgehead atoms. The summed E-state index contributed by atoms with van der Waals surface area (Å²) in [6, 6.07) is 0. The molecule has 0 saturated heterocycles. The van der Waals surface area contributed by atoms with Crippen LogP contribution in [0.3, 0.4) is 0 Å². The Morgan fingerprint density at radius 2 is 0.667 bits per heavy atom. The summed E-state index contributed by atoms with van der Waals surface area (Å²) < 4.78 is 0. The molecule has 4 rings (SSSR count). The molecule has 0 spiro atoms. The van der Waals surface area contributed by atoms with Crippen molar-refractivity contribution in [2.45, 2.75) is 107 Å². The Bertz CT molecular complexity index is 1190. The first-order chi connectivity index (χ1) is 15.2. The van der Waals surface area contributed by atoms with Crippen molar-refractivity contribution in [3.05, 3.63) is 77.9 Å². The van der Waals surface area contributed by atoms with Crippen molar-refractivity contribution in [3.8, 4) is 0 Å². The van der Waals surface area contributed by atoms with Crippen LogP contribution in [0.15, 0.2) is 11.1 Å². The third kappa shape index (κ3) is 2.94. The zero-order valence-electron chi connectivity index (χ0n) is 23.7. The minimum atomic E-state index is -1.85. The highest BCUT2D eigenvalue weighted by Gasteiger charge is 2.50. The van der Waals surface area contributed by atoms with Crippen LogP contribution < -0.4 is 0 Å². The van der Waals surface area contributed by atoms with E-state index in [2.05, 4.69) is 96.2 Å². The van der Waals surface area contributed by atoms with E-state index < -0.39 is 8.07 Å². The van der Waals surface area contributed by atoms with Crippen LogP contribution in [0.5, 0.6) is 0 Å². The number of benzene rings is 2. The summed E-state index contributed by atoms with van der Waals surface area (Å²) in [5.74, 6) is 0. The van der Waals surface area contributed by atoms with Crippen LogP contribution >= 0.6 is 0 Å². The molecule has 2 unspecified atom stereocenters. The summed E-state index contributed by atoms with van der Waals surface area (Å²) in [6.07, 6.45) is 0. The third-order valence-corrected chi connectivity index (χ3v) is 14.8. The maximum Gasteiger partial charge on any atom is 0.0722 e. The molecule has 2 aromatic carbocycles. The van der Waals surface area contributed by atoms with Gasteiger partial charge in [-0.05, 0) is 161 Å². The summed E-state index contributed by atoms with van der Waals surface area (Å²) in [4.78, 5) is 0. The molecule has 2 aliphatic carbocycles. The molecule has 33 heavy (non-hydrogen) atoms. The Kier molecular flexibility index (Phi) is 5.57. The van der Waals surface area contributed by atoms with Crippen LogP contribution in [0.4, 0.5) is 0 Å². The van der Waals surface area contributed by atoms with E-state index in [0.29, 0.717) is 11.1 Å². The zero-order valence-corrected chi connectivity index (χ0v) is 24.7. The molecule has 0 radical (unpaired) electrons. The molecule has 0 fully saturated rings. The topological polar surface area (TPSA) is 0 Å². The zero-order chi connectivity index (χ0) is 24.9. The SMILES string of the molecule is CC1=C(C)C([Si](C)(C)C2C(C)=C(C)c3c(C)c(C)c(C)c(C)c32)c2c(C)c(C)c(C)c(C)c21. The van der Waals surface area contributed by atoms with Crippen molar-refractivity contribution < 1.29 is 0 Å². The van der Waals surface area contributed by atoms with E-state index in [1.807, 2.05) is 0 Å². The van der Waals surface area contributed by atoms with Gasteiger partial charge in [0.05, 0.1) is 8.07 Å². The fourth-order valence-corrected chi connectivity index (χ4v) is 12.9. The minimum Gasteiger partial charge on any atom is -0.0679 e. The van der Waals surface area contributed by atoms with E-state index >= 15 is 0 Å². The van der Waals surface area contributed by atoms with Crippen LogP contribution in [0.2, 0.25) is 13.1 Å². The lowest BCUT2D eigenvalue weighted by Crippen LogP contribution is -2.43. The number of rotatable bonds is 2. The molecule has 1 heteroatoms. The Balaban J connectivity index is 2.04. The van der Waals surface area contributed by atoms with Crippen molar-refractivity contribution in [1.82, 2.24) is 0 Å². The minimum absolute atomic E-state index is 0.575. The molecule has 0 heterocycles. The maximum atomic E-state index is 2.69. The van der Waals surface area contributed by atoms with E-state index in [1.54, 1.807) is 55.7 Å². The molecule has 2 atom stereocenters. The molecule has 2 aromatic rings. The Labute approximate surface area is 204 Å². The molecular formula is C32H44Si. The molecular weight excluding hydrogens is 412 g/mol. The Morgan fingerprint density at radius 1 is 0.394 bits per heavy atom. The van der Waals surface area contributed by atoms with E-state index in [1.165, 1.54) is 33.4 Å². The first kappa shape index (κ1) is 24.3. The summed E-state index contributed by atoms with van der Waals surface area (Å²) in [7, 11) is -1.85. The highest BCUT2D eigenvalue weighted by molar-refractivity contribution is 6.82. The molecule has 0 aliphatic heterocycles. The highest BCUT2D eigenvalue weighted by atomic mass is 28.3. The predicted molar refractivity (Wildman–Crippen MR) is 150 cm³/mol. The van der Waals surface area contributed by atoms with Crippen molar-refractivity contribution in [2.24, 2.45) is 0 Å². The number of hydrogen-bond acceptors (Lipinski definition) is 0. The van der Waals surface area contributed by atoms with E-state index in [9.17, 15) is 0 Å². The summed E-state index contributed by atoms with van der Waals surface area (Å²) in [6.45, 7) is 33.8. The van der Waals surface area contributed by atoms with Crippen LogP contribution in [0.1, 0.15) is 106 Å². The van der Waals surface area contributed by atoms with Crippen LogP contribution in [0.25, 0.3) is 11.1 Å². The largest absolute Gasteiger partial charge is 0.0722 e. The normalized spacial score (nSPS) is 20.2. The number of hydrogen-bond donors (Lipinski definition) is 0. The van der Waals surface area contributed by atoms with Gasteiger partial charge in [0.2, 0.25) is 0 Å². The fraction of sp³-hybridized carbons (Fsp3) is 0.500. The van der Waals surface area contributed by atoms with Gasteiger partial charge >= 0.3 is 0 Å². The lowest BCUT2D eigenvalue weighted by molar-refractivity contribution is 0.942. The highest BCUT2D eigenvalue weighted by Crippen LogP contribution is 2.58. The van der Waals surface area contributed by atoms with Gasteiger partial charge in [0.1, 0.15) is 0 Å². The van der Waals surface area contributed by atoms with Crippen LogP contribution in [-0.2, 0) is 0 Å². The van der Waals surface area contributed by atoms with Crippen LogP contribution in [-0.4, -0.2) is 8.07 Å². The summed E-state index contributed by atoms with van der Waals surface area (Å²) in [5.41, 5.74) is 26.0. The lowest BCUT2D eigenvalue weighted by Gasteiger charge is -2.40. The van der Waals surface area contributed by atoms with Gasteiger partial charge in [-0.3, -0.25) is 0 Å². The van der Waals surface area contributed by atoms with E-state index in [-0.39, 0.29) is 0 Å². The lowest BCUT2D eigenvalue weighted by atomic mass is 9.88. The van der Waals surface area contributed by atoms with Crippen molar-refractivity contribution in [3.63, 3.8) is 0 Å². The quantitative estimate of drug-likeness (QED) is 0.395. The van der Waals surface area contributed by atoms with Crippen molar-refractivity contribution in [1.29, 1.82) is 0 Å². The molecule has 0 N–H and O–H groups in total. The van der Waals surface area contributed by atoms with Gasteiger partial charge in [-0.25, -0.2) is 0 Å². The second kappa shape index (κ2) is 7.57. The van der Waals surface area contributed by atoms with Gasteiger partial charge in [-0.15, -0.1) is 0 Å². The summed E-state index contributed by atoms with van der Waals surface area (Å²) >= 11 is 0. The molecule has 0 amide bonds. The Hall–Kier alpha value is -1.86. The average Bonchev–Trinajstić information content (AvgIpc) is 3.19. The van der Waals surface area contributed by atoms with Gasteiger partial charge in [-0.1, -0.05) is 24.2 Å². The fourth-order valence-electron chi connectivity index (χ4n) is 7.66. The van der Waals surface area contributed by atoms with Gasteiger partial charge < -0.3 is 0 Å². The van der Waals surface area contributed by atoms with Crippen molar-refractivity contribution >= 4 is 19.2 Å². The molecule has 0 aromatic heterocycles. The standard InChI is InChI=1S/C32H44Si/c1-15-17(3)21(7)29-27(19(15)5)23(9)25(11)31(29)33(13,14)32-26(12)24(10)28-20(6)16(2)18(4)22(8)30(28)32/h31-32H,1-14H3. The summed E-state index contributed by atoms with van der Waals surface area (Å²) in [5, 5.41) is 0. The predicted octanol–water partition coefficient (Wildman–Crippen LogP) is 9.42. The van der Waals surface area contributed by atoms with E-state index in [4.69, 9.17) is 0 Å². The number of allylic oxidation sites excluding steroid dienone is 4. The maximum absolute atomic E-state index is 2.69. The molecule has 2 aliphatic rings. The molecule has 176 valence electrons. The molecule has 0 saturated carbocycles. The van der Waals surface area contributed by atoms with Gasteiger partial charge in [-0.2, -0.15) is 0 Å².